The van der Waals surface area contributed by atoms with Crippen molar-refractivity contribution < 1.29 is 0 Å². The first-order valence-electron chi connectivity index (χ1n) is 1.77. The fourth-order valence-corrected chi connectivity index (χ4v) is 0.676. The molecule has 0 aliphatic heterocycles. The largest absolute Gasteiger partial charge is 0.322 e. The summed E-state index contributed by atoms with van der Waals surface area (Å²) in [7, 11) is 0. The zero-order chi connectivity index (χ0) is 4.99. The Labute approximate surface area is 48.1 Å². The maximum Gasteiger partial charge on any atom is 0.0457 e. The van der Waals surface area contributed by atoms with Gasteiger partial charge in [0.1, 0.15) is 0 Å². The molecule has 0 aromatic rings. The molecular formula is C3H9NS2. The lowest BCUT2D eigenvalue weighted by atomic mass is 11.0. The summed E-state index contributed by atoms with van der Waals surface area (Å²) in [6, 6.07) is 0. The molecule has 1 nitrogen and oxygen atoms in total. The summed E-state index contributed by atoms with van der Waals surface area (Å²) >= 11 is 5.69. The molecular weight excluding hydrogens is 114 g/mol. The highest BCUT2D eigenvalue weighted by Gasteiger charge is 1.86. The summed E-state index contributed by atoms with van der Waals surface area (Å²) in [5.41, 5.74) is 5.14. The molecule has 0 heterocycles. The van der Waals surface area contributed by atoms with Crippen LogP contribution in [-0.2, 0) is 0 Å². The predicted molar refractivity (Wildman–Crippen MR) is 35.1 cm³/mol. The fraction of sp³-hybridized carbons (Fsp3) is 1.00. The number of thioether (sulfide) groups is 1. The van der Waals surface area contributed by atoms with Crippen molar-refractivity contribution in [2.24, 2.45) is 5.73 Å². The zero-order valence-electron chi connectivity index (χ0n) is 3.72. The average molecular weight is 123 g/mol. The number of thiol groups is 1. The van der Waals surface area contributed by atoms with E-state index < -0.39 is 0 Å². The minimum absolute atomic E-state index is 0.384. The minimum Gasteiger partial charge on any atom is -0.322 e. The molecule has 0 aliphatic carbocycles. The molecule has 0 aromatic carbocycles. The molecule has 0 aliphatic rings. The zero-order valence-corrected chi connectivity index (χ0v) is 5.43. The van der Waals surface area contributed by atoms with E-state index in [-0.39, 0.29) is 0 Å². The van der Waals surface area contributed by atoms with Gasteiger partial charge >= 0.3 is 0 Å². The lowest BCUT2D eigenvalue weighted by Crippen LogP contribution is -1.95. The maximum absolute atomic E-state index is 5.14. The Kier molecular flexibility index (Phi) is 4.26. The fourth-order valence-electron chi connectivity index (χ4n) is 0.139. The molecule has 0 fully saturated rings. The van der Waals surface area contributed by atoms with Crippen LogP contribution in [0.1, 0.15) is 6.92 Å². The second kappa shape index (κ2) is 3.84. The van der Waals surface area contributed by atoms with Gasteiger partial charge in [-0.05, 0) is 6.92 Å². The Hall–Kier alpha value is 0.660. The van der Waals surface area contributed by atoms with E-state index in [1.54, 1.807) is 11.8 Å². The standard InChI is InChI=1S/C3H9NS2/c1-3(5)6-2-4/h3,5H,2,4H2,1H3. The van der Waals surface area contributed by atoms with Gasteiger partial charge in [0.2, 0.25) is 0 Å². The summed E-state index contributed by atoms with van der Waals surface area (Å²) in [6.07, 6.45) is 0. The molecule has 1 atom stereocenters. The van der Waals surface area contributed by atoms with Gasteiger partial charge in [0, 0.05) is 10.5 Å². The van der Waals surface area contributed by atoms with E-state index in [0.717, 1.165) is 0 Å². The van der Waals surface area contributed by atoms with Crippen molar-refractivity contribution in [3.05, 3.63) is 0 Å². The molecule has 1 unspecified atom stereocenters. The average Bonchev–Trinajstić information content (AvgIpc) is 1.35. The molecule has 0 saturated carbocycles. The summed E-state index contributed by atoms with van der Waals surface area (Å²) in [5, 5.41) is 0. The Morgan fingerprint density at radius 2 is 2.50 bits per heavy atom. The Morgan fingerprint density at radius 3 is 2.50 bits per heavy atom. The van der Waals surface area contributed by atoms with Gasteiger partial charge in [-0.1, -0.05) is 0 Å². The van der Waals surface area contributed by atoms with E-state index in [2.05, 4.69) is 12.6 Å². The van der Waals surface area contributed by atoms with Crippen LogP contribution in [0, 0.1) is 0 Å². The maximum atomic E-state index is 5.14. The van der Waals surface area contributed by atoms with Gasteiger partial charge in [0.15, 0.2) is 0 Å². The van der Waals surface area contributed by atoms with Gasteiger partial charge in [-0.2, -0.15) is 12.6 Å². The SMILES string of the molecule is CC(S)SCN. The van der Waals surface area contributed by atoms with Crippen molar-refractivity contribution in [2.75, 3.05) is 5.88 Å². The molecule has 0 aromatic heterocycles. The first-order chi connectivity index (χ1) is 2.77. The van der Waals surface area contributed by atoms with E-state index >= 15 is 0 Å². The quantitative estimate of drug-likeness (QED) is 0.421. The van der Waals surface area contributed by atoms with Crippen molar-refractivity contribution in [1.29, 1.82) is 0 Å². The Morgan fingerprint density at radius 1 is 2.00 bits per heavy atom. The minimum atomic E-state index is 0.384. The van der Waals surface area contributed by atoms with Gasteiger partial charge in [0.05, 0.1) is 0 Å². The number of rotatable bonds is 2. The summed E-state index contributed by atoms with van der Waals surface area (Å²) in [4.78, 5) is 0. The highest BCUT2D eigenvalue weighted by molar-refractivity contribution is 8.10. The molecule has 0 spiro atoms. The Balaban J connectivity index is 2.63. The highest BCUT2D eigenvalue weighted by atomic mass is 32.2. The van der Waals surface area contributed by atoms with Crippen LogP contribution in [0.25, 0.3) is 0 Å². The number of hydrogen-bond acceptors (Lipinski definition) is 3. The molecule has 0 saturated heterocycles. The Bertz CT molecular complexity index is 30.0. The van der Waals surface area contributed by atoms with Crippen LogP contribution in [0.5, 0.6) is 0 Å². The number of hydrogen-bond donors (Lipinski definition) is 2. The first-order valence-corrected chi connectivity index (χ1v) is 3.33. The summed E-state index contributed by atoms with van der Waals surface area (Å²) in [5.74, 6) is 0.671. The van der Waals surface area contributed by atoms with E-state index in [1.807, 2.05) is 6.92 Å². The second-order valence-electron chi connectivity index (χ2n) is 0.933. The lowest BCUT2D eigenvalue weighted by molar-refractivity contribution is 1.35. The molecule has 2 N–H and O–H groups in total. The summed E-state index contributed by atoms with van der Waals surface area (Å²) in [6.45, 7) is 2.00. The van der Waals surface area contributed by atoms with Crippen molar-refractivity contribution in [1.82, 2.24) is 0 Å². The van der Waals surface area contributed by atoms with Gasteiger partial charge in [-0.25, -0.2) is 0 Å². The van der Waals surface area contributed by atoms with E-state index in [0.29, 0.717) is 10.5 Å². The van der Waals surface area contributed by atoms with Crippen molar-refractivity contribution >= 4 is 24.4 Å². The van der Waals surface area contributed by atoms with Crippen LogP contribution in [0.4, 0.5) is 0 Å². The van der Waals surface area contributed by atoms with E-state index in [4.69, 9.17) is 5.73 Å². The smallest absolute Gasteiger partial charge is 0.0457 e. The van der Waals surface area contributed by atoms with Crippen LogP contribution >= 0.6 is 24.4 Å². The van der Waals surface area contributed by atoms with Crippen molar-refractivity contribution in [3.8, 4) is 0 Å². The van der Waals surface area contributed by atoms with E-state index in [1.165, 1.54) is 0 Å². The second-order valence-corrected chi connectivity index (χ2v) is 3.43. The normalized spacial score (nSPS) is 14.5. The predicted octanol–water partition coefficient (Wildman–Crippen LogP) is 0.912. The number of nitrogens with two attached hydrogens (primary N) is 1. The molecule has 0 amide bonds. The third kappa shape index (κ3) is 4.66. The molecule has 38 valence electrons. The van der Waals surface area contributed by atoms with Crippen LogP contribution < -0.4 is 5.73 Å². The van der Waals surface area contributed by atoms with Gasteiger partial charge in [-0.3, -0.25) is 0 Å². The van der Waals surface area contributed by atoms with E-state index in [9.17, 15) is 0 Å². The molecule has 3 heteroatoms. The first kappa shape index (κ1) is 6.66. The molecule has 0 rings (SSSR count). The topological polar surface area (TPSA) is 26.0 Å². The third-order valence-corrected chi connectivity index (χ3v) is 1.46. The van der Waals surface area contributed by atoms with Gasteiger partial charge in [-0.15, -0.1) is 11.8 Å². The summed E-state index contributed by atoms with van der Waals surface area (Å²) < 4.78 is 0.384. The highest BCUT2D eigenvalue weighted by Crippen LogP contribution is 2.09. The third-order valence-electron chi connectivity index (χ3n) is 0.337. The monoisotopic (exact) mass is 123 g/mol. The van der Waals surface area contributed by atoms with Crippen molar-refractivity contribution in [3.63, 3.8) is 0 Å². The molecule has 6 heavy (non-hydrogen) atoms. The van der Waals surface area contributed by atoms with Gasteiger partial charge in [0.25, 0.3) is 0 Å². The van der Waals surface area contributed by atoms with Gasteiger partial charge < -0.3 is 5.73 Å². The van der Waals surface area contributed by atoms with Crippen LogP contribution in [0.3, 0.4) is 0 Å². The molecule has 0 radical (unpaired) electrons. The van der Waals surface area contributed by atoms with Crippen LogP contribution in [0.2, 0.25) is 0 Å². The molecule has 0 bridgehead atoms. The van der Waals surface area contributed by atoms with Crippen molar-refractivity contribution in [2.45, 2.75) is 11.5 Å². The lowest BCUT2D eigenvalue weighted by Gasteiger charge is -1.95. The van der Waals surface area contributed by atoms with Crippen LogP contribution in [-0.4, -0.2) is 10.5 Å². The van der Waals surface area contributed by atoms with Crippen LogP contribution in [0.15, 0.2) is 0 Å².